The van der Waals surface area contributed by atoms with E-state index in [1.54, 1.807) is 37.6 Å². The summed E-state index contributed by atoms with van der Waals surface area (Å²) in [6.07, 6.45) is 2.23. The lowest BCUT2D eigenvalue weighted by molar-refractivity contribution is 0.571. The molecule has 28 heavy (non-hydrogen) atoms. The van der Waals surface area contributed by atoms with Gasteiger partial charge in [0.15, 0.2) is 5.96 Å². The van der Waals surface area contributed by atoms with E-state index in [1.807, 2.05) is 0 Å². The third kappa shape index (κ3) is 6.29. The van der Waals surface area contributed by atoms with E-state index in [0.717, 1.165) is 16.8 Å². The molecule has 0 saturated heterocycles. The van der Waals surface area contributed by atoms with E-state index in [4.69, 9.17) is 4.42 Å². The molecule has 0 bridgehead atoms. The summed E-state index contributed by atoms with van der Waals surface area (Å²) in [6.45, 7) is 1.15. The van der Waals surface area contributed by atoms with Crippen LogP contribution in [-0.2, 0) is 13.0 Å². The molecule has 0 saturated carbocycles. The maximum absolute atomic E-state index is 13.0. The first-order valence-corrected chi connectivity index (χ1v) is 8.53. The van der Waals surface area contributed by atoms with Crippen molar-refractivity contribution in [3.63, 3.8) is 0 Å². The second-order valence-corrected chi connectivity index (χ2v) is 5.88. The van der Waals surface area contributed by atoms with Crippen LogP contribution in [0.15, 0.2) is 64.2 Å². The van der Waals surface area contributed by atoms with Gasteiger partial charge in [-0.2, -0.15) is 0 Å². The fraction of sp³-hybridized carbons (Fsp3) is 0.200. The zero-order valence-corrected chi connectivity index (χ0v) is 17.6. The Labute approximate surface area is 179 Å². The number of hydrogen-bond acceptors (Lipinski definition) is 3. The molecule has 0 amide bonds. The van der Waals surface area contributed by atoms with Gasteiger partial charge in [0.05, 0.1) is 5.69 Å². The molecule has 0 spiro atoms. The molecule has 2 aromatic carbocycles. The first-order chi connectivity index (χ1) is 13.1. The van der Waals surface area contributed by atoms with Gasteiger partial charge in [-0.1, -0.05) is 12.1 Å². The largest absolute Gasteiger partial charge is 0.444 e. The molecule has 8 heteroatoms. The summed E-state index contributed by atoms with van der Waals surface area (Å²) in [5.41, 5.74) is 2.47. The summed E-state index contributed by atoms with van der Waals surface area (Å²) in [6, 6.07) is 12.3. The lowest BCUT2D eigenvalue weighted by Gasteiger charge is -2.11. The molecule has 1 aromatic heterocycles. The summed E-state index contributed by atoms with van der Waals surface area (Å²) < 4.78 is 31.4. The molecule has 0 unspecified atom stereocenters. The minimum Gasteiger partial charge on any atom is -0.444 e. The fourth-order valence-corrected chi connectivity index (χ4v) is 2.46. The number of halogens is 3. The van der Waals surface area contributed by atoms with E-state index >= 15 is 0 Å². The van der Waals surface area contributed by atoms with Crippen LogP contribution >= 0.6 is 24.0 Å². The van der Waals surface area contributed by atoms with E-state index in [-0.39, 0.29) is 35.6 Å². The molecule has 3 aromatic rings. The minimum atomic E-state index is -0.297. The Morgan fingerprint density at radius 1 is 1.00 bits per heavy atom. The maximum Gasteiger partial charge on any atom is 0.226 e. The van der Waals surface area contributed by atoms with E-state index in [9.17, 15) is 8.78 Å². The number of nitrogens with one attached hydrogen (secondary N) is 2. The molecular weight excluding hydrogens is 477 g/mol. The van der Waals surface area contributed by atoms with Gasteiger partial charge in [0.2, 0.25) is 5.89 Å². The lowest BCUT2D eigenvalue weighted by atomic mass is 10.2. The first kappa shape index (κ1) is 21.8. The lowest BCUT2D eigenvalue weighted by Crippen LogP contribution is -2.37. The highest BCUT2D eigenvalue weighted by atomic mass is 127. The number of aromatic nitrogens is 1. The van der Waals surface area contributed by atoms with Crippen molar-refractivity contribution in [3.05, 3.63) is 77.7 Å². The van der Waals surface area contributed by atoms with Gasteiger partial charge in [-0.15, -0.1) is 24.0 Å². The van der Waals surface area contributed by atoms with Crippen molar-refractivity contribution in [2.24, 2.45) is 4.99 Å². The van der Waals surface area contributed by atoms with Gasteiger partial charge in [-0.25, -0.2) is 13.8 Å². The highest BCUT2D eigenvalue weighted by molar-refractivity contribution is 14.0. The van der Waals surface area contributed by atoms with Gasteiger partial charge in [-0.3, -0.25) is 4.99 Å². The van der Waals surface area contributed by atoms with Gasteiger partial charge >= 0.3 is 0 Å². The van der Waals surface area contributed by atoms with Gasteiger partial charge in [-0.05, 0) is 42.0 Å². The average Bonchev–Trinajstić information content (AvgIpc) is 3.15. The smallest absolute Gasteiger partial charge is 0.226 e. The summed E-state index contributed by atoms with van der Waals surface area (Å²) >= 11 is 0. The van der Waals surface area contributed by atoms with Crippen molar-refractivity contribution in [2.45, 2.75) is 13.0 Å². The number of oxazole rings is 1. The number of benzene rings is 2. The monoisotopic (exact) mass is 498 g/mol. The molecule has 2 N–H and O–H groups in total. The van der Waals surface area contributed by atoms with Crippen molar-refractivity contribution in [2.75, 3.05) is 13.6 Å². The van der Waals surface area contributed by atoms with Gasteiger partial charge in [0.1, 0.15) is 17.9 Å². The number of aliphatic imine (C=N–C) groups is 1. The van der Waals surface area contributed by atoms with Crippen LogP contribution in [0.5, 0.6) is 0 Å². The van der Waals surface area contributed by atoms with Gasteiger partial charge in [0, 0.05) is 32.1 Å². The third-order valence-electron chi connectivity index (χ3n) is 3.91. The Bertz CT molecular complexity index is 895. The van der Waals surface area contributed by atoms with Crippen LogP contribution in [0.1, 0.15) is 11.3 Å². The van der Waals surface area contributed by atoms with Crippen molar-refractivity contribution >= 4 is 29.9 Å². The zero-order chi connectivity index (χ0) is 19.1. The molecule has 0 fully saturated rings. The van der Waals surface area contributed by atoms with Crippen LogP contribution in [0.2, 0.25) is 0 Å². The minimum absolute atomic E-state index is 0. The highest BCUT2D eigenvalue weighted by Crippen LogP contribution is 2.18. The summed E-state index contributed by atoms with van der Waals surface area (Å²) in [5.74, 6) is 0.550. The van der Waals surface area contributed by atoms with Crippen LogP contribution in [0.25, 0.3) is 11.5 Å². The molecule has 5 nitrogen and oxygen atoms in total. The number of hydrogen-bond donors (Lipinski definition) is 2. The molecule has 0 atom stereocenters. The molecule has 148 valence electrons. The van der Waals surface area contributed by atoms with Gasteiger partial charge < -0.3 is 15.1 Å². The molecule has 1 heterocycles. The van der Waals surface area contributed by atoms with Crippen molar-refractivity contribution in [3.8, 4) is 11.5 Å². The Balaban J connectivity index is 0.00000280. The third-order valence-corrected chi connectivity index (χ3v) is 3.91. The fourth-order valence-electron chi connectivity index (χ4n) is 2.46. The van der Waals surface area contributed by atoms with Crippen LogP contribution in [0.4, 0.5) is 8.78 Å². The summed E-state index contributed by atoms with van der Waals surface area (Å²) in [7, 11) is 1.68. The second kappa shape index (κ2) is 10.7. The molecule has 0 aliphatic rings. The average molecular weight is 498 g/mol. The normalized spacial score (nSPS) is 11.0. The SMILES string of the molecule is CN=C(NCCc1coc(-c2ccc(F)cc2)n1)NCc1ccc(F)cc1.I. The molecule has 0 radical (unpaired) electrons. The maximum atomic E-state index is 13.0. The predicted molar refractivity (Wildman–Crippen MR) is 116 cm³/mol. The van der Waals surface area contributed by atoms with E-state index in [2.05, 4.69) is 20.6 Å². The van der Waals surface area contributed by atoms with Crippen LogP contribution in [0.3, 0.4) is 0 Å². The Morgan fingerprint density at radius 2 is 1.64 bits per heavy atom. The number of nitrogens with zero attached hydrogens (tertiary/aromatic N) is 2. The molecule has 0 aliphatic carbocycles. The predicted octanol–water partition coefficient (Wildman–Crippen LogP) is 4.15. The highest BCUT2D eigenvalue weighted by Gasteiger charge is 2.07. The van der Waals surface area contributed by atoms with E-state index < -0.39 is 0 Å². The van der Waals surface area contributed by atoms with E-state index in [0.29, 0.717) is 31.4 Å². The van der Waals surface area contributed by atoms with E-state index in [1.165, 1.54) is 24.3 Å². The van der Waals surface area contributed by atoms with Crippen molar-refractivity contribution in [1.82, 2.24) is 15.6 Å². The Kier molecular flexibility index (Phi) is 8.37. The van der Waals surface area contributed by atoms with Gasteiger partial charge in [0.25, 0.3) is 0 Å². The first-order valence-electron chi connectivity index (χ1n) is 8.53. The van der Waals surface area contributed by atoms with Crippen LogP contribution < -0.4 is 10.6 Å². The molecule has 0 aliphatic heterocycles. The number of rotatable bonds is 6. The quantitative estimate of drug-likeness (QED) is 0.305. The number of guanidine groups is 1. The Hall–Kier alpha value is -2.49. The van der Waals surface area contributed by atoms with Crippen molar-refractivity contribution in [1.29, 1.82) is 0 Å². The topological polar surface area (TPSA) is 62.5 Å². The summed E-state index contributed by atoms with van der Waals surface area (Å²) in [5, 5.41) is 6.35. The van der Waals surface area contributed by atoms with Crippen LogP contribution in [0, 0.1) is 11.6 Å². The Morgan fingerprint density at radius 3 is 2.29 bits per heavy atom. The van der Waals surface area contributed by atoms with Crippen LogP contribution in [-0.4, -0.2) is 24.5 Å². The van der Waals surface area contributed by atoms with Crippen molar-refractivity contribution < 1.29 is 13.2 Å². The standard InChI is InChI=1S/C20H20F2N4O.HI/c1-23-20(25-12-14-2-6-16(21)7-3-14)24-11-10-18-13-27-19(26-18)15-4-8-17(22)9-5-15;/h2-9,13H,10-12H2,1H3,(H2,23,24,25);1H. The summed E-state index contributed by atoms with van der Waals surface area (Å²) in [4.78, 5) is 8.56. The molecular formula is C20H21F2IN4O. The second-order valence-electron chi connectivity index (χ2n) is 5.88. The molecule has 3 rings (SSSR count). The zero-order valence-electron chi connectivity index (χ0n) is 15.3.